The van der Waals surface area contributed by atoms with Crippen LogP contribution in [0, 0.1) is 28.6 Å². The second kappa shape index (κ2) is 2.73. The minimum Gasteiger partial charge on any atom is -0.461 e. The van der Waals surface area contributed by atoms with Gasteiger partial charge in [-0.1, -0.05) is 19.9 Å². The maximum absolute atomic E-state index is 12.5. The number of rotatable bonds is 0. The molecule has 18 heavy (non-hydrogen) atoms. The van der Waals surface area contributed by atoms with Gasteiger partial charge in [0.25, 0.3) is 0 Å². The second-order valence-corrected chi connectivity index (χ2v) is 7.01. The average molecular weight is 246 g/mol. The minimum atomic E-state index is -0.328. The molecule has 96 valence electrons. The molecule has 5 aliphatic carbocycles. The lowest BCUT2D eigenvalue weighted by Crippen LogP contribution is -2.59. The topological polar surface area (TPSA) is 43.4 Å². The van der Waals surface area contributed by atoms with E-state index < -0.39 is 0 Å². The molecule has 3 heteroatoms. The van der Waals surface area contributed by atoms with Crippen molar-refractivity contribution >= 4 is 11.8 Å². The third-order valence-corrected chi connectivity index (χ3v) is 6.07. The fourth-order valence-corrected chi connectivity index (χ4v) is 5.50. The average Bonchev–Trinajstić information content (AvgIpc) is 2.69. The van der Waals surface area contributed by atoms with Crippen LogP contribution in [0.25, 0.3) is 0 Å². The van der Waals surface area contributed by atoms with Gasteiger partial charge >= 0.3 is 5.97 Å². The maximum atomic E-state index is 12.5. The number of hydrogen-bond donors (Lipinski definition) is 0. The van der Waals surface area contributed by atoms with Gasteiger partial charge < -0.3 is 4.74 Å². The van der Waals surface area contributed by atoms with Gasteiger partial charge in [0.15, 0.2) is 5.78 Å². The van der Waals surface area contributed by atoms with E-state index in [1.165, 1.54) is 0 Å². The molecule has 0 aromatic carbocycles. The second-order valence-electron chi connectivity index (χ2n) is 7.01. The highest BCUT2D eigenvalue weighted by molar-refractivity contribution is 6.01. The molecule has 0 aromatic heterocycles. The van der Waals surface area contributed by atoms with E-state index in [0.29, 0.717) is 0 Å². The van der Waals surface area contributed by atoms with Gasteiger partial charge in [-0.05, 0) is 31.3 Å². The number of carbonyl (C=O) groups excluding carboxylic acids is 2. The van der Waals surface area contributed by atoms with Crippen molar-refractivity contribution in [3.8, 4) is 0 Å². The largest absolute Gasteiger partial charge is 0.461 e. The van der Waals surface area contributed by atoms with E-state index in [4.69, 9.17) is 4.74 Å². The Labute approximate surface area is 107 Å². The van der Waals surface area contributed by atoms with Crippen LogP contribution in [0.5, 0.6) is 0 Å². The van der Waals surface area contributed by atoms with Gasteiger partial charge in [0.05, 0.1) is 5.41 Å². The summed E-state index contributed by atoms with van der Waals surface area (Å²) in [4.78, 5) is 24.7. The van der Waals surface area contributed by atoms with Crippen LogP contribution in [0.2, 0.25) is 0 Å². The Kier molecular flexibility index (Phi) is 1.63. The molecule has 2 unspecified atom stereocenters. The van der Waals surface area contributed by atoms with Gasteiger partial charge in [-0.3, -0.25) is 9.59 Å². The normalized spacial score (nSPS) is 54.1. The van der Waals surface area contributed by atoms with Crippen LogP contribution < -0.4 is 0 Å². The SMILES string of the molecule is C/C1=C/CC[C@@]23C(=O)O[C@H]4C2[C@@H](C1=O)C3C4(C)C. The molecule has 1 saturated heterocycles. The first-order valence-corrected chi connectivity index (χ1v) is 6.84. The van der Waals surface area contributed by atoms with Crippen molar-refractivity contribution in [3.05, 3.63) is 11.6 Å². The number of allylic oxidation sites excluding steroid dienone is 2. The molecule has 0 amide bonds. The standard InChI is InChI=1S/C15H18O3/c1-7-5-4-6-15-9-8(10(7)16)11(15)14(2,3)12(9)18-13(15)17/h5,8-9,11-12H,4,6H2,1-3H3/b7-5-/t8-,9?,11?,12-,15+/m0/s1. The Morgan fingerprint density at radius 1 is 1.33 bits per heavy atom. The van der Waals surface area contributed by atoms with Crippen molar-refractivity contribution in [2.75, 3.05) is 0 Å². The first kappa shape index (κ1) is 10.8. The lowest BCUT2D eigenvalue weighted by Gasteiger charge is -2.53. The Morgan fingerprint density at radius 3 is 2.72 bits per heavy atom. The number of fused-ring (bicyclic) bond motifs is 3. The van der Waals surface area contributed by atoms with Gasteiger partial charge in [0, 0.05) is 17.3 Å². The van der Waals surface area contributed by atoms with E-state index in [0.717, 1.165) is 18.4 Å². The monoisotopic (exact) mass is 246 g/mol. The van der Waals surface area contributed by atoms with Crippen molar-refractivity contribution in [2.24, 2.45) is 28.6 Å². The molecule has 3 nitrogen and oxygen atoms in total. The van der Waals surface area contributed by atoms with Crippen LogP contribution in [0.3, 0.4) is 0 Å². The minimum absolute atomic E-state index is 0.0289. The first-order chi connectivity index (χ1) is 8.42. The van der Waals surface area contributed by atoms with E-state index in [9.17, 15) is 9.59 Å². The summed E-state index contributed by atoms with van der Waals surface area (Å²) in [7, 11) is 0. The van der Waals surface area contributed by atoms with Crippen molar-refractivity contribution in [3.63, 3.8) is 0 Å². The van der Waals surface area contributed by atoms with E-state index in [2.05, 4.69) is 13.8 Å². The summed E-state index contributed by atoms with van der Waals surface area (Å²) in [6.45, 7) is 6.24. The van der Waals surface area contributed by atoms with Gasteiger partial charge in [-0.2, -0.15) is 0 Å². The van der Waals surface area contributed by atoms with Crippen LogP contribution in [0.1, 0.15) is 33.6 Å². The Morgan fingerprint density at radius 2 is 2.06 bits per heavy atom. The molecule has 0 aromatic rings. The van der Waals surface area contributed by atoms with E-state index >= 15 is 0 Å². The molecule has 6 aliphatic rings. The van der Waals surface area contributed by atoms with E-state index in [1.54, 1.807) is 0 Å². The molecule has 3 saturated carbocycles. The third kappa shape index (κ3) is 0.799. The van der Waals surface area contributed by atoms with Gasteiger partial charge in [0.1, 0.15) is 6.10 Å². The summed E-state index contributed by atoms with van der Waals surface area (Å²) >= 11 is 0. The highest BCUT2D eigenvalue weighted by Crippen LogP contribution is 2.79. The molecule has 5 bridgehead atoms. The number of ketones is 1. The predicted molar refractivity (Wildman–Crippen MR) is 64.6 cm³/mol. The van der Waals surface area contributed by atoms with Gasteiger partial charge in [-0.25, -0.2) is 0 Å². The van der Waals surface area contributed by atoms with Crippen molar-refractivity contribution in [2.45, 2.75) is 39.7 Å². The number of carbonyl (C=O) groups is 2. The van der Waals surface area contributed by atoms with Crippen LogP contribution in [0.15, 0.2) is 11.6 Å². The Balaban J connectivity index is 1.91. The van der Waals surface area contributed by atoms with Crippen LogP contribution in [-0.4, -0.2) is 17.9 Å². The Hall–Kier alpha value is -1.12. The third-order valence-electron chi connectivity index (χ3n) is 6.07. The summed E-state index contributed by atoms with van der Waals surface area (Å²) in [5.41, 5.74) is 0.525. The van der Waals surface area contributed by atoms with Gasteiger partial charge in [0.2, 0.25) is 0 Å². The van der Waals surface area contributed by atoms with Crippen molar-refractivity contribution in [1.82, 2.24) is 0 Å². The smallest absolute Gasteiger partial charge is 0.313 e. The van der Waals surface area contributed by atoms with Gasteiger partial charge in [-0.15, -0.1) is 0 Å². The summed E-state index contributed by atoms with van der Waals surface area (Å²) in [5.74, 6) is 0.625. The molecule has 1 aliphatic heterocycles. The Bertz CT molecular complexity index is 516. The lowest BCUT2D eigenvalue weighted by atomic mass is 9.46. The molecular weight excluding hydrogens is 228 g/mol. The zero-order chi connectivity index (χ0) is 12.9. The van der Waals surface area contributed by atoms with Crippen molar-refractivity contribution < 1.29 is 14.3 Å². The van der Waals surface area contributed by atoms with E-state index in [1.807, 2.05) is 13.0 Å². The molecule has 0 radical (unpaired) electrons. The molecule has 1 heterocycles. The number of esters is 1. The van der Waals surface area contributed by atoms with E-state index in [-0.39, 0.29) is 46.4 Å². The van der Waals surface area contributed by atoms with Crippen LogP contribution >= 0.6 is 0 Å². The molecule has 4 fully saturated rings. The zero-order valence-corrected chi connectivity index (χ0v) is 11.0. The molecule has 1 spiro atoms. The number of hydrogen-bond acceptors (Lipinski definition) is 3. The summed E-state index contributed by atoms with van der Waals surface area (Å²) in [5, 5.41) is 0. The van der Waals surface area contributed by atoms with Crippen LogP contribution in [0.4, 0.5) is 0 Å². The summed E-state index contributed by atoms with van der Waals surface area (Å²) in [6.07, 6.45) is 3.66. The predicted octanol–water partition coefficient (Wildman–Crippen LogP) is 2.11. The molecule has 0 N–H and O–H groups in total. The lowest BCUT2D eigenvalue weighted by molar-refractivity contribution is -0.180. The quantitative estimate of drug-likeness (QED) is 0.615. The highest BCUT2D eigenvalue weighted by atomic mass is 16.6. The fourth-order valence-electron chi connectivity index (χ4n) is 5.50. The summed E-state index contributed by atoms with van der Waals surface area (Å²) < 4.78 is 5.61. The van der Waals surface area contributed by atoms with Crippen molar-refractivity contribution in [1.29, 1.82) is 0 Å². The zero-order valence-electron chi connectivity index (χ0n) is 11.0. The molecular formula is C15H18O3. The number of ether oxygens (including phenoxy) is 1. The maximum Gasteiger partial charge on any atom is 0.313 e. The fraction of sp³-hybridized carbons (Fsp3) is 0.733. The van der Waals surface area contributed by atoms with Crippen LogP contribution in [-0.2, 0) is 14.3 Å². The molecule has 5 atom stereocenters. The highest BCUT2D eigenvalue weighted by Gasteiger charge is 2.86. The first-order valence-electron chi connectivity index (χ1n) is 6.84. The molecule has 6 rings (SSSR count). The summed E-state index contributed by atoms with van der Waals surface area (Å²) in [6, 6.07) is 0. The number of Topliss-reactive ketones (excluding diaryl/α,β-unsaturated/α-hetero) is 1.